The number of amides is 1. The fourth-order valence-electron chi connectivity index (χ4n) is 3.99. The van der Waals surface area contributed by atoms with Crippen molar-refractivity contribution in [2.75, 3.05) is 19.6 Å². The number of benzene rings is 1. The smallest absolute Gasteiger partial charge is 0.387 e. The summed E-state index contributed by atoms with van der Waals surface area (Å²) in [5.41, 5.74) is 0.757. The second kappa shape index (κ2) is 8.95. The maximum absolute atomic E-state index is 12.9. The molecule has 0 bridgehead atoms. The lowest BCUT2D eigenvalue weighted by molar-refractivity contribution is -0.0508. The normalized spacial score (nSPS) is 18.2. The Bertz CT molecular complexity index is 800. The molecule has 1 aliphatic carbocycles. The molecule has 0 spiro atoms. The number of carbonyl (C=O) groups excluding carboxylic acids is 1. The molecular formula is C22H26F2N2O3. The van der Waals surface area contributed by atoms with Gasteiger partial charge in [-0.3, -0.25) is 9.69 Å². The lowest BCUT2D eigenvalue weighted by Gasteiger charge is -2.38. The topological polar surface area (TPSA) is 45.9 Å². The molecule has 29 heavy (non-hydrogen) atoms. The van der Waals surface area contributed by atoms with Crippen LogP contribution in [-0.2, 0) is 6.54 Å². The minimum absolute atomic E-state index is 0.0315. The average Bonchev–Trinajstić information content (AvgIpc) is 3.37. The molecule has 156 valence electrons. The van der Waals surface area contributed by atoms with Crippen LogP contribution >= 0.6 is 0 Å². The Balaban J connectivity index is 1.37. The van der Waals surface area contributed by atoms with Gasteiger partial charge >= 0.3 is 6.61 Å². The summed E-state index contributed by atoms with van der Waals surface area (Å²) in [5, 5.41) is 0. The average molecular weight is 404 g/mol. The van der Waals surface area contributed by atoms with Crippen molar-refractivity contribution in [1.29, 1.82) is 0 Å². The summed E-state index contributed by atoms with van der Waals surface area (Å²) in [4.78, 5) is 17.1. The molecule has 0 radical (unpaired) electrons. The van der Waals surface area contributed by atoms with Crippen LogP contribution in [0.2, 0.25) is 0 Å². The quantitative estimate of drug-likeness (QED) is 0.654. The zero-order valence-corrected chi connectivity index (χ0v) is 16.3. The molecule has 1 aliphatic heterocycles. The van der Waals surface area contributed by atoms with Crippen molar-refractivity contribution in [3.8, 4) is 5.75 Å². The molecule has 0 N–H and O–H groups in total. The van der Waals surface area contributed by atoms with Crippen molar-refractivity contribution in [3.05, 3.63) is 54.0 Å². The van der Waals surface area contributed by atoms with Gasteiger partial charge in [0.25, 0.3) is 5.91 Å². The Morgan fingerprint density at radius 1 is 1.14 bits per heavy atom. The number of piperidine rings is 1. The fourth-order valence-corrected chi connectivity index (χ4v) is 3.99. The first-order valence-corrected chi connectivity index (χ1v) is 10.2. The first-order chi connectivity index (χ1) is 14.1. The summed E-state index contributed by atoms with van der Waals surface area (Å²) in [6.07, 6.45) is 5.61. The second-order valence-corrected chi connectivity index (χ2v) is 7.87. The summed E-state index contributed by atoms with van der Waals surface area (Å²) < 4.78 is 35.3. The number of furan rings is 1. The number of ether oxygens (including phenoxy) is 1. The highest BCUT2D eigenvalue weighted by Gasteiger charge is 2.34. The maximum Gasteiger partial charge on any atom is 0.387 e. The third kappa shape index (κ3) is 5.15. The van der Waals surface area contributed by atoms with E-state index in [-0.39, 0.29) is 17.7 Å². The molecule has 1 saturated carbocycles. The van der Waals surface area contributed by atoms with E-state index < -0.39 is 6.61 Å². The summed E-state index contributed by atoms with van der Waals surface area (Å²) in [5.74, 6) is 1.19. The van der Waals surface area contributed by atoms with Crippen LogP contribution in [0.3, 0.4) is 0 Å². The SMILES string of the molecule is O=C(c1ccco1)N(CC1CC1)C1CCN(Cc2ccccc2OC(F)F)CC1. The number of alkyl halides is 2. The van der Waals surface area contributed by atoms with E-state index in [2.05, 4.69) is 9.64 Å². The highest BCUT2D eigenvalue weighted by Crippen LogP contribution is 2.32. The molecule has 1 saturated heterocycles. The van der Waals surface area contributed by atoms with Crippen LogP contribution < -0.4 is 4.74 Å². The third-order valence-electron chi connectivity index (χ3n) is 5.73. The summed E-state index contributed by atoms with van der Waals surface area (Å²) in [6, 6.07) is 10.6. The van der Waals surface area contributed by atoms with Gasteiger partial charge in [0.05, 0.1) is 6.26 Å². The van der Waals surface area contributed by atoms with Crippen molar-refractivity contribution in [3.63, 3.8) is 0 Å². The Morgan fingerprint density at radius 3 is 2.55 bits per heavy atom. The van der Waals surface area contributed by atoms with Crippen LogP contribution in [0.25, 0.3) is 0 Å². The van der Waals surface area contributed by atoms with E-state index in [9.17, 15) is 13.6 Å². The molecule has 2 aromatic rings. The Morgan fingerprint density at radius 2 is 1.90 bits per heavy atom. The number of nitrogens with zero attached hydrogens (tertiary/aromatic N) is 2. The fraction of sp³-hybridized carbons (Fsp3) is 0.500. The number of halogens is 2. The van der Waals surface area contributed by atoms with Gasteiger partial charge in [-0.05, 0) is 49.8 Å². The van der Waals surface area contributed by atoms with Gasteiger partial charge in [-0.1, -0.05) is 18.2 Å². The summed E-state index contributed by atoms with van der Waals surface area (Å²) in [7, 11) is 0. The second-order valence-electron chi connectivity index (χ2n) is 7.87. The van der Waals surface area contributed by atoms with Gasteiger partial charge in [-0.25, -0.2) is 0 Å². The van der Waals surface area contributed by atoms with Crippen molar-refractivity contribution in [2.24, 2.45) is 5.92 Å². The minimum Gasteiger partial charge on any atom is -0.459 e. The van der Waals surface area contributed by atoms with Crippen LogP contribution in [0.1, 0.15) is 41.8 Å². The largest absolute Gasteiger partial charge is 0.459 e. The number of likely N-dealkylation sites (tertiary alicyclic amines) is 1. The van der Waals surface area contributed by atoms with Crippen molar-refractivity contribution < 1.29 is 22.7 Å². The molecule has 5 nitrogen and oxygen atoms in total. The Hall–Kier alpha value is -2.41. The molecule has 4 rings (SSSR count). The van der Waals surface area contributed by atoms with E-state index in [4.69, 9.17) is 4.42 Å². The first-order valence-electron chi connectivity index (χ1n) is 10.2. The van der Waals surface area contributed by atoms with Gasteiger partial charge in [0.15, 0.2) is 5.76 Å². The lowest BCUT2D eigenvalue weighted by atomic mass is 10.0. The molecule has 0 atom stereocenters. The zero-order valence-electron chi connectivity index (χ0n) is 16.3. The van der Waals surface area contributed by atoms with Gasteiger partial charge in [0.1, 0.15) is 5.75 Å². The molecule has 1 aromatic heterocycles. The van der Waals surface area contributed by atoms with Gasteiger partial charge < -0.3 is 14.1 Å². The highest BCUT2D eigenvalue weighted by molar-refractivity contribution is 5.91. The van der Waals surface area contributed by atoms with Gasteiger partial charge in [0.2, 0.25) is 0 Å². The predicted octanol–water partition coefficient (Wildman–Crippen LogP) is 4.40. The van der Waals surface area contributed by atoms with E-state index in [1.807, 2.05) is 17.0 Å². The summed E-state index contributed by atoms with van der Waals surface area (Å²) >= 11 is 0. The third-order valence-corrected chi connectivity index (χ3v) is 5.73. The van der Waals surface area contributed by atoms with Crippen LogP contribution in [0, 0.1) is 5.92 Å². The molecule has 2 heterocycles. The van der Waals surface area contributed by atoms with E-state index >= 15 is 0 Å². The van der Waals surface area contributed by atoms with Gasteiger partial charge in [-0.15, -0.1) is 0 Å². The highest BCUT2D eigenvalue weighted by atomic mass is 19.3. The molecule has 0 unspecified atom stereocenters. The maximum atomic E-state index is 12.9. The standard InChI is InChI=1S/C22H26F2N2O3/c23-22(24)29-19-5-2-1-4-17(19)15-25-11-9-18(10-12-25)26(14-16-7-8-16)21(27)20-6-3-13-28-20/h1-6,13,16,18,22H,7-12,14-15H2. The summed E-state index contributed by atoms with van der Waals surface area (Å²) in [6.45, 7) is 0.130. The van der Waals surface area contributed by atoms with Crippen LogP contribution in [0.15, 0.2) is 47.1 Å². The van der Waals surface area contributed by atoms with E-state index in [1.54, 1.807) is 24.3 Å². The van der Waals surface area contributed by atoms with Crippen LogP contribution in [-0.4, -0.2) is 48.0 Å². The molecule has 1 amide bonds. The monoisotopic (exact) mass is 404 g/mol. The zero-order chi connectivity index (χ0) is 20.2. The minimum atomic E-state index is -2.83. The van der Waals surface area contributed by atoms with Crippen molar-refractivity contribution in [1.82, 2.24) is 9.80 Å². The number of para-hydroxylation sites is 1. The Labute approximate surface area is 169 Å². The van der Waals surface area contributed by atoms with Gasteiger partial charge in [-0.2, -0.15) is 8.78 Å². The van der Waals surface area contributed by atoms with Crippen molar-refractivity contribution >= 4 is 5.91 Å². The number of hydrogen-bond acceptors (Lipinski definition) is 4. The van der Waals surface area contributed by atoms with E-state index in [0.29, 0.717) is 18.2 Å². The van der Waals surface area contributed by atoms with Crippen LogP contribution in [0.4, 0.5) is 8.78 Å². The lowest BCUT2D eigenvalue weighted by Crippen LogP contribution is -2.48. The molecule has 2 aliphatic rings. The van der Waals surface area contributed by atoms with E-state index in [1.165, 1.54) is 19.1 Å². The van der Waals surface area contributed by atoms with Crippen molar-refractivity contribution in [2.45, 2.75) is 44.9 Å². The molecular weight excluding hydrogens is 378 g/mol. The first kappa shape index (κ1) is 19.9. The van der Waals surface area contributed by atoms with E-state index in [0.717, 1.165) is 38.0 Å². The molecule has 7 heteroatoms. The predicted molar refractivity (Wildman–Crippen MR) is 104 cm³/mol. The molecule has 2 fully saturated rings. The Kier molecular flexibility index (Phi) is 6.13. The van der Waals surface area contributed by atoms with Crippen LogP contribution in [0.5, 0.6) is 5.75 Å². The number of carbonyl (C=O) groups is 1. The number of hydrogen-bond donors (Lipinski definition) is 0. The van der Waals surface area contributed by atoms with Gasteiger partial charge in [0, 0.05) is 37.8 Å². The molecule has 1 aromatic carbocycles. The number of rotatable bonds is 8.